The maximum absolute atomic E-state index is 17.1. The Morgan fingerprint density at radius 2 is 1.59 bits per heavy atom. The van der Waals surface area contributed by atoms with E-state index < -0.39 is 71.4 Å². The van der Waals surface area contributed by atoms with Crippen molar-refractivity contribution in [3.8, 4) is 5.75 Å². The number of ether oxygens (including phenoxy) is 3. The smallest absolute Gasteiger partial charge is 0.425 e. The molecule has 0 saturated heterocycles. The van der Waals surface area contributed by atoms with Crippen molar-refractivity contribution in [2.24, 2.45) is 4.99 Å². The molecule has 2 aliphatic rings. The summed E-state index contributed by atoms with van der Waals surface area (Å²) < 4.78 is 59.5. The fourth-order valence-electron chi connectivity index (χ4n) is 4.47. The lowest BCUT2D eigenvalue weighted by Crippen LogP contribution is -2.68. The maximum Gasteiger partial charge on any atom is 0.425 e. The second-order valence-electron chi connectivity index (χ2n) is 12.1. The molecule has 1 aromatic carbocycles. The predicted octanol–water partition coefficient (Wildman–Crippen LogP) is 5.04. The number of benzene rings is 1. The van der Waals surface area contributed by atoms with Crippen LogP contribution in [0.4, 0.5) is 19.7 Å². The van der Waals surface area contributed by atoms with Gasteiger partial charge in [0.15, 0.2) is 9.84 Å². The summed E-state index contributed by atoms with van der Waals surface area (Å²) in [6, 6.07) is 3.34. The van der Waals surface area contributed by atoms with Crippen molar-refractivity contribution in [2.45, 2.75) is 95.2 Å². The third kappa shape index (κ3) is 4.94. The number of nitro benzene ring substituents is 1. The topological polar surface area (TPSA) is 155 Å². The molecular weight excluding hydrogens is 537 g/mol. The number of rotatable bonds is 1. The Labute approximate surface area is 226 Å². The van der Waals surface area contributed by atoms with Gasteiger partial charge in [0.25, 0.3) is 5.69 Å². The van der Waals surface area contributed by atoms with Gasteiger partial charge in [0.1, 0.15) is 33.1 Å². The largest absolute Gasteiger partial charge is 0.493 e. The van der Waals surface area contributed by atoms with Crippen LogP contribution in [0.3, 0.4) is 0 Å². The van der Waals surface area contributed by atoms with Crippen molar-refractivity contribution >= 4 is 33.5 Å². The number of carbonyl (C=O) groups excluding carboxylic acids is 2. The van der Waals surface area contributed by atoms with Gasteiger partial charge in [0, 0.05) is 24.1 Å². The van der Waals surface area contributed by atoms with Crippen LogP contribution in [-0.4, -0.2) is 63.8 Å². The van der Waals surface area contributed by atoms with E-state index in [1.165, 1.54) is 47.6 Å². The number of aliphatic imine (C=N–C) groups is 1. The quantitative estimate of drug-likeness (QED) is 0.333. The highest BCUT2D eigenvalue weighted by Crippen LogP contribution is 2.56. The highest BCUT2D eigenvalue weighted by atomic mass is 32.2. The van der Waals surface area contributed by atoms with E-state index >= 15 is 4.39 Å². The van der Waals surface area contributed by atoms with E-state index in [0.717, 1.165) is 32.9 Å². The number of hydrogen-bond donors (Lipinski definition) is 0. The molecule has 216 valence electrons. The zero-order valence-electron chi connectivity index (χ0n) is 23.4. The number of nitrogens with zero attached hydrogens (tertiary/aromatic N) is 3. The van der Waals surface area contributed by atoms with Gasteiger partial charge < -0.3 is 14.2 Å². The van der Waals surface area contributed by atoms with Crippen LogP contribution in [0.2, 0.25) is 0 Å². The molecule has 0 unspecified atom stereocenters. The predicted molar refractivity (Wildman–Crippen MR) is 139 cm³/mol. The normalized spacial score (nSPS) is 25.5. The van der Waals surface area contributed by atoms with Crippen LogP contribution in [0.15, 0.2) is 23.2 Å². The van der Waals surface area contributed by atoms with Gasteiger partial charge in [-0.15, -0.1) is 0 Å². The minimum Gasteiger partial charge on any atom is -0.493 e. The molecule has 2 amide bonds. The van der Waals surface area contributed by atoms with Gasteiger partial charge in [-0.2, -0.15) is 4.90 Å². The number of fused-ring (bicyclic) bond motifs is 3. The standard InChI is InChI=1S/C25H34FN3O9S/c1-21(2,3)37-19(30)28(20(31)38-22(4,5)6)18-23(7,8)39(34,35)25(26)12-13-36-17-11-10-15(29(32)33)14-16(17)24(25,9)27-18/h10-11,14H,12-13H2,1-9H3/t24-,25-/m1/s1. The Hall–Kier alpha value is -3.29. The van der Waals surface area contributed by atoms with Gasteiger partial charge in [-0.25, -0.2) is 22.4 Å². The first-order valence-electron chi connectivity index (χ1n) is 12.2. The Morgan fingerprint density at radius 3 is 2.05 bits per heavy atom. The molecule has 0 N–H and O–H groups in total. The number of imide groups is 1. The highest BCUT2D eigenvalue weighted by molar-refractivity contribution is 7.95. The molecule has 2 heterocycles. The fourth-order valence-corrected chi connectivity index (χ4v) is 6.68. The van der Waals surface area contributed by atoms with E-state index in [4.69, 9.17) is 14.2 Å². The first-order valence-corrected chi connectivity index (χ1v) is 13.7. The van der Waals surface area contributed by atoms with Gasteiger partial charge in [-0.1, -0.05) is 0 Å². The number of amides is 2. The zero-order valence-corrected chi connectivity index (χ0v) is 24.3. The average Bonchev–Trinajstić information content (AvgIpc) is 2.85. The summed E-state index contributed by atoms with van der Waals surface area (Å²) in [6.07, 6.45) is -3.26. The fraction of sp³-hybridized carbons (Fsp3) is 0.640. The molecule has 0 fully saturated rings. The molecule has 0 aromatic heterocycles. The van der Waals surface area contributed by atoms with E-state index in [2.05, 4.69) is 4.99 Å². The zero-order chi connectivity index (χ0) is 30.0. The second-order valence-corrected chi connectivity index (χ2v) is 14.8. The van der Waals surface area contributed by atoms with E-state index in [1.54, 1.807) is 0 Å². The lowest BCUT2D eigenvalue weighted by atomic mass is 9.84. The van der Waals surface area contributed by atoms with Crippen LogP contribution in [-0.2, 0) is 24.8 Å². The lowest BCUT2D eigenvalue weighted by Gasteiger charge is -2.48. The number of alkyl halides is 1. The van der Waals surface area contributed by atoms with Gasteiger partial charge in [0.05, 0.1) is 11.5 Å². The van der Waals surface area contributed by atoms with Crippen molar-refractivity contribution in [1.29, 1.82) is 0 Å². The number of non-ortho nitro benzene ring substituents is 1. The van der Waals surface area contributed by atoms with Gasteiger partial charge in [0.2, 0.25) is 5.00 Å². The molecule has 2 aliphatic heterocycles. The molecule has 12 nitrogen and oxygen atoms in total. The van der Waals surface area contributed by atoms with Crippen molar-refractivity contribution in [3.05, 3.63) is 33.9 Å². The number of sulfone groups is 1. The summed E-state index contributed by atoms with van der Waals surface area (Å²) >= 11 is 0. The molecule has 0 radical (unpaired) electrons. The minimum atomic E-state index is -4.97. The van der Waals surface area contributed by atoms with Gasteiger partial charge >= 0.3 is 12.2 Å². The molecule has 2 atom stereocenters. The van der Waals surface area contributed by atoms with Crippen LogP contribution in [0.5, 0.6) is 5.75 Å². The molecule has 14 heteroatoms. The number of halogens is 1. The molecule has 0 spiro atoms. The van der Waals surface area contributed by atoms with Gasteiger partial charge in [-0.05, 0) is 68.4 Å². The van der Waals surface area contributed by atoms with Gasteiger partial charge in [-0.3, -0.25) is 15.1 Å². The Kier molecular flexibility index (Phi) is 7.09. The molecule has 1 aromatic rings. The molecule has 0 bridgehead atoms. The SMILES string of the molecule is CC(C)(C)OC(=O)N(C(=O)OC(C)(C)C)C1=N[C@]2(C)c3cc([N+](=O)[O-])ccc3OCC[C@@]2(F)S(=O)(=O)C1(C)C. The van der Waals surface area contributed by atoms with Crippen LogP contribution in [0.1, 0.15) is 74.3 Å². The molecule has 3 rings (SSSR count). The second kappa shape index (κ2) is 9.14. The first-order chi connectivity index (χ1) is 17.5. The number of nitro groups is 1. The van der Waals surface area contributed by atoms with Crippen LogP contribution < -0.4 is 4.74 Å². The van der Waals surface area contributed by atoms with E-state index in [-0.39, 0.29) is 17.9 Å². The summed E-state index contributed by atoms with van der Waals surface area (Å²) in [5.41, 5.74) is -5.31. The summed E-state index contributed by atoms with van der Waals surface area (Å²) in [4.78, 5) is 42.4. The van der Waals surface area contributed by atoms with Crippen LogP contribution in [0, 0.1) is 10.1 Å². The maximum atomic E-state index is 17.1. The van der Waals surface area contributed by atoms with E-state index in [1.807, 2.05) is 0 Å². The molecule has 0 saturated carbocycles. The summed E-state index contributed by atoms with van der Waals surface area (Å²) in [7, 11) is -4.97. The monoisotopic (exact) mass is 571 g/mol. The van der Waals surface area contributed by atoms with Crippen molar-refractivity contribution in [2.75, 3.05) is 6.61 Å². The number of hydrogen-bond acceptors (Lipinski definition) is 10. The Balaban J connectivity index is 2.43. The Bertz CT molecular complexity index is 1330. The molecule has 0 aliphatic carbocycles. The first kappa shape index (κ1) is 30.3. The Morgan fingerprint density at radius 1 is 1.08 bits per heavy atom. The lowest BCUT2D eigenvalue weighted by molar-refractivity contribution is -0.385. The third-order valence-corrected chi connectivity index (χ3v) is 9.42. The highest BCUT2D eigenvalue weighted by Gasteiger charge is 2.71. The summed E-state index contributed by atoms with van der Waals surface area (Å²) in [6.45, 7) is 12.2. The minimum absolute atomic E-state index is 0.0262. The number of carbonyl (C=O) groups is 2. The molecule has 39 heavy (non-hydrogen) atoms. The number of amidine groups is 1. The third-order valence-electron chi connectivity index (χ3n) is 6.44. The van der Waals surface area contributed by atoms with Crippen molar-refractivity contribution < 1.29 is 41.5 Å². The molecular formula is C25H34FN3O9S. The average molecular weight is 572 g/mol. The summed E-state index contributed by atoms with van der Waals surface area (Å²) in [5, 5.41) is 8.41. The van der Waals surface area contributed by atoms with E-state index in [0.29, 0.717) is 4.90 Å². The van der Waals surface area contributed by atoms with E-state index in [9.17, 15) is 28.1 Å². The van der Waals surface area contributed by atoms with Crippen LogP contribution in [0.25, 0.3) is 0 Å². The van der Waals surface area contributed by atoms with Crippen molar-refractivity contribution in [3.63, 3.8) is 0 Å². The summed E-state index contributed by atoms with van der Waals surface area (Å²) in [5.74, 6) is -0.692. The van der Waals surface area contributed by atoms with Crippen LogP contribution >= 0.6 is 0 Å². The van der Waals surface area contributed by atoms with Crippen molar-refractivity contribution in [1.82, 2.24) is 4.90 Å².